The SMILES string of the molecule is O=C(CSc1nccc(=O)[nH]1)Nc1cccc2c1C(=O)c1ccccc1C2=O. The molecule has 2 aromatic carbocycles. The molecular weight excluding hydrogens is 378 g/mol. The number of nitrogens with one attached hydrogen (secondary N) is 2. The smallest absolute Gasteiger partial charge is 0.251 e. The van der Waals surface area contributed by atoms with Gasteiger partial charge in [0.2, 0.25) is 5.91 Å². The summed E-state index contributed by atoms with van der Waals surface area (Å²) in [6.07, 6.45) is 1.36. The molecule has 138 valence electrons. The van der Waals surface area contributed by atoms with Crippen LogP contribution in [0.3, 0.4) is 0 Å². The molecule has 0 aliphatic heterocycles. The van der Waals surface area contributed by atoms with Crippen molar-refractivity contribution in [2.75, 3.05) is 11.1 Å². The van der Waals surface area contributed by atoms with Crippen LogP contribution >= 0.6 is 11.8 Å². The average molecular weight is 391 g/mol. The van der Waals surface area contributed by atoms with Gasteiger partial charge in [0.05, 0.1) is 17.0 Å². The van der Waals surface area contributed by atoms with Crippen molar-refractivity contribution >= 4 is 34.9 Å². The number of hydrogen-bond donors (Lipinski definition) is 2. The number of H-pyrrole nitrogens is 1. The van der Waals surface area contributed by atoms with Crippen molar-refractivity contribution in [3.8, 4) is 0 Å². The summed E-state index contributed by atoms with van der Waals surface area (Å²) in [5.41, 5.74) is 1.11. The van der Waals surface area contributed by atoms with Crippen LogP contribution in [0.5, 0.6) is 0 Å². The van der Waals surface area contributed by atoms with Crippen LogP contribution in [-0.2, 0) is 4.79 Å². The highest BCUT2D eigenvalue weighted by Gasteiger charge is 2.31. The molecule has 2 N–H and O–H groups in total. The number of thioether (sulfide) groups is 1. The molecule has 1 aromatic heterocycles. The van der Waals surface area contributed by atoms with Crippen molar-refractivity contribution in [1.29, 1.82) is 0 Å². The van der Waals surface area contributed by atoms with Crippen molar-refractivity contribution in [2.24, 2.45) is 0 Å². The fourth-order valence-electron chi connectivity index (χ4n) is 2.99. The van der Waals surface area contributed by atoms with E-state index in [0.29, 0.717) is 16.3 Å². The van der Waals surface area contributed by atoms with E-state index in [9.17, 15) is 19.2 Å². The summed E-state index contributed by atoms with van der Waals surface area (Å²) in [7, 11) is 0. The summed E-state index contributed by atoms with van der Waals surface area (Å²) in [5, 5.41) is 3.00. The maximum atomic E-state index is 12.9. The molecule has 0 atom stereocenters. The summed E-state index contributed by atoms with van der Waals surface area (Å²) in [6, 6.07) is 12.7. The van der Waals surface area contributed by atoms with Crippen LogP contribution in [-0.4, -0.2) is 33.2 Å². The van der Waals surface area contributed by atoms with Gasteiger partial charge in [0.25, 0.3) is 5.56 Å². The Kier molecular flexibility index (Phi) is 4.62. The standard InChI is InChI=1S/C20H13N3O4S/c24-15-8-9-21-20(23-15)28-10-16(25)22-14-7-3-6-13-17(14)19(27)12-5-2-1-4-11(12)18(13)26/h1-9H,10H2,(H,22,25)(H,21,23,24). The molecule has 0 spiro atoms. The quantitative estimate of drug-likeness (QED) is 0.408. The van der Waals surface area contributed by atoms with E-state index in [2.05, 4.69) is 15.3 Å². The third kappa shape index (κ3) is 3.25. The van der Waals surface area contributed by atoms with Gasteiger partial charge in [-0.05, 0) is 6.07 Å². The molecule has 1 aliphatic carbocycles. The highest BCUT2D eigenvalue weighted by molar-refractivity contribution is 7.99. The molecule has 0 radical (unpaired) electrons. The van der Waals surface area contributed by atoms with Crippen LogP contribution < -0.4 is 10.9 Å². The van der Waals surface area contributed by atoms with Gasteiger partial charge in [-0.3, -0.25) is 19.2 Å². The molecule has 28 heavy (non-hydrogen) atoms. The molecule has 1 aliphatic rings. The second-order valence-electron chi connectivity index (χ2n) is 6.01. The molecule has 0 unspecified atom stereocenters. The molecule has 1 amide bonds. The molecule has 1 heterocycles. The van der Waals surface area contributed by atoms with Crippen LogP contribution in [0.2, 0.25) is 0 Å². The van der Waals surface area contributed by atoms with E-state index in [1.165, 1.54) is 12.3 Å². The number of aromatic nitrogens is 2. The molecule has 0 saturated carbocycles. The maximum Gasteiger partial charge on any atom is 0.251 e. The minimum absolute atomic E-state index is 0.0185. The predicted octanol–water partition coefficient (Wildman–Crippen LogP) is 2.28. The van der Waals surface area contributed by atoms with Gasteiger partial charge >= 0.3 is 0 Å². The lowest BCUT2D eigenvalue weighted by Crippen LogP contribution is -2.24. The van der Waals surface area contributed by atoms with E-state index in [-0.39, 0.29) is 45.6 Å². The van der Waals surface area contributed by atoms with Gasteiger partial charge in [-0.1, -0.05) is 48.2 Å². The second-order valence-corrected chi connectivity index (χ2v) is 6.97. The molecule has 0 fully saturated rings. The van der Waals surface area contributed by atoms with Gasteiger partial charge in [0.1, 0.15) is 0 Å². The monoisotopic (exact) mass is 391 g/mol. The Morgan fingerprint density at radius 1 is 0.929 bits per heavy atom. The topological polar surface area (TPSA) is 109 Å². The predicted molar refractivity (Wildman–Crippen MR) is 104 cm³/mol. The minimum Gasteiger partial charge on any atom is -0.325 e. The Hall–Kier alpha value is -3.52. The average Bonchev–Trinajstić information content (AvgIpc) is 2.70. The van der Waals surface area contributed by atoms with E-state index in [0.717, 1.165) is 11.8 Å². The van der Waals surface area contributed by atoms with Crippen LogP contribution in [0.15, 0.2) is 64.7 Å². The lowest BCUT2D eigenvalue weighted by Gasteiger charge is -2.20. The zero-order valence-electron chi connectivity index (χ0n) is 14.4. The van der Waals surface area contributed by atoms with E-state index >= 15 is 0 Å². The lowest BCUT2D eigenvalue weighted by atomic mass is 9.83. The third-order valence-electron chi connectivity index (χ3n) is 4.21. The Morgan fingerprint density at radius 2 is 1.64 bits per heavy atom. The van der Waals surface area contributed by atoms with Crippen molar-refractivity contribution in [1.82, 2.24) is 9.97 Å². The van der Waals surface area contributed by atoms with Gasteiger partial charge in [0, 0.05) is 29.0 Å². The zero-order valence-corrected chi connectivity index (χ0v) is 15.2. The molecule has 0 saturated heterocycles. The number of rotatable bonds is 4. The fraction of sp³-hybridized carbons (Fsp3) is 0.0500. The summed E-state index contributed by atoms with van der Waals surface area (Å²) >= 11 is 1.06. The number of anilines is 1. The van der Waals surface area contributed by atoms with Gasteiger partial charge in [0.15, 0.2) is 16.7 Å². The number of hydrogen-bond acceptors (Lipinski definition) is 6. The number of amides is 1. The highest BCUT2D eigenvalue weighted by atomic mass is 32.2. The largest absolute Gasteiger partial charge is 0.325 e. The van der Waals surface area contributed by atoms with Gasteiger partial charge in [-0.25, -0.2) is 4.98 Å². The molecule has 0 bridgehead atoms. The molecule has 7 nitrogen and oxygen atoms in total. The third-order valence-corrected chi connectivity index (χ3v) is 5.10. The van der Waals surface area contributed by atoms with Crippen molar-refractivity contribution < 1.29 is 14.4 Å². The number of carbonyl (C=O) groups excluding carboxylic acids is 3. The first kappa shape index (κ1) is 17.9. The summed E-state index contributed by atoms with van der Waals surface area (Å²) < 4.78 is 0. The number of fused-ring (bicyclic) bond motifs is 2. The first-order chi connectivity index (χ1) is 13.5. The van der Waals surface area contributed by atoms with Crippen LogP contribution in [0.4, 0.5) is 5.69 Å². The van der Waals surface area contributed by atoms with E-state index in [4.69, 9.17) is 0 Å². The number of benzene rings is 2. The van der Waals surface area contributed by atoms with E-state index in [1.807, 2.05) is 0 Å². The first-order valence-electron chi connectivity index (χ1n) is 8.34. The maximum absolute atomic E-state index is 12.9. The molecule has 8 heteroatoms. The number of ketones is 2. The Balaban J connectivity index is 1.58. The molecular formula is C20H13N3O4S. The second kappa shape index (κ2) is 7.24. The normalized spacial score (nSPS) is 12.3. The zero-order chi connectivity index (χ0) is 19.7. The van der Waals surface area contributed by atoms with Gasteiger partial charge in [-0.15, -0.1) is 0 Å². The van der Waals surface area contributed by atoms with Crippen molar-refractivity contribution in [2.45, 2.75) is 5.16 Å². The highest BCUT2D eigenvalue weighted by Crippen LogP contribution is 2.32. The minimum atomic E-state index is -0.385. The first-order valence-corrected chi connectivity index (χ1v) is 9.32. The number of aromatic amines is 1. The van der Waals surface area contributed by atoms with Gasteiger partial charge in [-0.2, -0.15) is 0 Å². The Morgan fingerprint density at radius 3 is 2.39 bits per heavy atom. The lowest BCUT2D eigenvalue weighted by molar-refractivity contribution is -0.113. The molecule has 4 rings (SSSR count). The van der Waals surface area contributed by atoms with Crippen LogP contribution in [0, 0.1) is 0 Å². The summed E-state index contributed by atoms with van der Waals surface area (Å²) in [6.45, 7) is 0. The van der Waals surface area contributed by atoms with Gasteiger partial charge < -0.3 is 10.3 Å². The van der Waals surface area contributed by atoms with E-state index in [1.54, 1.807) is 42.5 Å². The fourth-order valence-corrected chi connectivity index (χ4v) is 3.64. The summed E-state index contributed by atoms with van der Waals surface area (Å²) in [5.74, 6) is -0.955. The van der Waals surface area contributed by atoms with Crippen molar-refractivity contribution in [3.05, 3.63) is 87.3 Å². The number of nitrogens with zero attached hydrogens (tertiary/aromatic N) is 1. The van der Waals surface area contributed by atoms with Crippen LogP contribution in [0.1, 0.15) is 31.8 Å². The molecule has 3 aromatic rings. The van der Waals surface area contributed by atoms with Crippen molar-refractivity contribution in [3.63, 3.8) is 0 Å². The summed E-state index contributed by atoms with van der Waals surface area (Å²) in [4.78, 5) is 55.7. The Bertz CT molecular complexity index is 1190. The Labute approximate surface area is 163 Å². The van der Waals surface area contributed by atoms with Crippen LogP contribution in [0.25, 0.3) is 0 Å². The van der Waals surface area contributed by atoms with E-state index < -0.39 is 0 Å². The number of carbonyl (C=O) groups is 3.